The van der Waals surface area contributed by atoms with E-state index < -0.39 is 0 Å². The zero-order valence-electron chi connectivity index (χ0n) is 20.3. The third-order valence-corrected chi connectivity index (χ3v) is 8.70. The fourth-order valence-corrected chi connectivity index (χ4v) is 7.06. The Morgan fingerprint density at radius 1 is 0.528 bits per heavy atom. The zero-order chi connectivity index (χ0) is 24.3. The van der Waals surface area contributed by atoms with Gasteiger partial charge < -0.3 is 9.80 Å². The van der Waals surface area contributed by atoms with Gasteiger partial charge in [0, 0.05) is 25.2 Å². The molecular formula is C32H24N2O2. The van der Waals surface area contributed by atoms with Crippen LogP contribution in [0.25, 0.3) is 32.9 Å². The van der Waals surface area contributed by atoms with Gasteiger partial charge >= 0.3 is 0 Å². The van der Waals surface area contributed by atoms with E-state index in [4.69, 9.17) is 0 Å². The summed E-state index contributed by atoms with van der Waals surface area (Å²) in [5.74, 6) is -0.224. The lowest BCUT2D eigenvalue weighted by Crippen LogP contribution is -2.25. The Hall–Kier alpha value is -4.18. The lowest BCUT2D eigenvalue weighted by atomic mass is 9.94. The molecule has 0 unspecified atom stereocenters. The van der Waals surface area contributed by atoms with Gasteiger partial charge in [0.2, 0.25) is 0 Å². The second kappa shape index (κ2) is 6.73. The van der Waals surface area contributed by atoms with Crippen LogP contribution in [0.4, 0.5) is 0 Å². The van der Waals surface area contributed by atoms with Crippen LogP contribution in [0, 0.1) is 0 Å². The molecule has 2 amide bonds. The summed E-state index contributed by atoms with van der Waals surface area (Å²) in [6, 6.07) is 21.4. The van der Waals surface area contributed by atoms with Gasteiger partial charge in [0.15, 0.2) is 0 Å². The first-order valence-corrected chi connectivity index (χ1v) is 12.7. The number of likely N-dealkylation sites (N-methyl/N-ethyl adjacent to an activating group) is 2. The van der Waals surface area contributed by atoms with Crippen LogP contribution in [0.5, 0.6) is 0 Å². The highest BCUT2D eigenvalue weighted by Crippen LogP contribution is 2.49. The first kappa shape index (κ1) is 20.1. The molecule has 0 fully saturated rings. The molecule has 4 aliphatic rings. The van der Waals surface area contributed by atoms with E-state index in [2.05, 4.69) is 60.7 Å². The molecule has 4 nitrogen and oxygen atoms in total. The number of hydrogen-bond donors (Lipinski definition) is 0. The summed E-state index contributed by atoms with van der Waals surface area (Å²) in [5, 5.41) is 4.82. The van der Waals surface area contributed by atoms with E-state index >= 15 is 0 Å². The summed E-state index contributed by atoms with van der Waals surface area (Å²) in [6.45, 7) is 0. The standard InChI is InChI=1S/C32H24N2O2/c1-33-29(23-15-13-19-11-9-17-5-3-7-21(23)25(17)19)27-28(31(33)35)30(34(2)32(27)36)24-16-14-20-12-10-18-6-4-8-22(24)26(18)20/h3-8,13-16H,9-12H2,1-2H3. The number of carbonyl (C=O) groups is 2. The number of fused-ring (bicyclic) bond motifs is 1. The zero-order valence-corrected chi connectivity index (χ0v) is 20.3. The first-order valence-electron chi connectivity index (χ1n) is 12.7. The summed E-state index contributed by atoms with van der Waals surface area (Å²) < 4.78 is 0. The Kier molecular flexibility index (Phi) is 3.75. The molecule has 0 radical (unpaired) electrons. The third-order valence-electron chi connectivity index (χ3n) is 8.70. The van der Waals surface area contributed by atoms with Crippen LogP contribution in [0.3, 0.4) is 0 Å². The Balaban J connectivity index is 1.44. The van der Waals surface area contributed by atoms with Crippen molar-refractivity contribution in [3.05, 3.63) is 105 Å². The van der Waals surface area contributed by atoms with Crippen molar-refractivity contribution in [3.63, 3.8) is 0 Å². The average molecular weight is 469 g/mol. The molecule has 2 heterocycles. The fraction of sp³-hybridized carbons (Fsp3) is 0.188. The van der Waals surface area contributed by atoms with Crippen molar-refractivity contribution in [3.8, 4) is 0 Å². The van der Waals surface area contributed by atoms with Crippen LogP contribution in [0.2, 0.25) is 0 Å². The molecule has 2 aliphatic heterocycles. The molecule has 0 N–H and O–H groups in total. The maximum Gasteiger partial charge on any atom is 0.261 e. The van der Waals surface area contributed by atoms with E-state index in [1.165, 1.54) is 33.0 Å². The third kappa shape index (κ3) is 2.30. The summed E-state index contributed by atoms with van der Waals surface area (Å²) in [4.78, 5) is 31.1. The van der Waals surface area contributed by atoms with Crippen molar-refractivity contribution in [1.82, 2.24) is 9.80 Å². The van der Waals surface area contributed by atoms with Crippen LogP contribution in [0.15, 0.2) is 71.8 Å². The van der Waals surface area contributed by atoms with E-state index in [9.17, 15) is 9.59 Å². The summed E-state index contributed by atoms with van der Waals surface area (Å²) in [7, 11) is 3.61. The highest BCUT2D eigenvalue weighted by molar-refractivity contribution is 6.31. The van der Waals surface area contributed by atoms with Crippen molar-refractivity contribution in [2.45, 2.75) is 25.7 Å². The molecular weight excluding hydrogens is 444 g/mol. The Labute approximate surface area is 209 Å². The topological polar surface area (TPSA) is 40.6 Å². The fourth-order valence-electron chi connectivity index (χ4n) is 7.06. The molecule has 0 atom stereocenters. The molecule has 8 rings (SSSR count). The predicted molar refractivity (Wildman–Crippen MR) is 142 cm³/mol. The monoisotopic (exact) mass is 468 g/mol. The number of nitrogens with zero attached hydrogens (tertiary/aromatic N) is 2. The molecule has 0 saturated heterocycles. The van der Waals surface area contributed by atoms with Crippen LogP contribution < -0.4 is 0 Å². The molecule has 0 spiro atoms. The van der Waals surface area contributed by atoms with Gasteiger partial charge in [-0.1, -0.05) is 60.7 Å². The molecule has 0 bridgehead atoms. The Morgan fingerprint density at radius 2 is 0.917 bits per heavy atom. The lowest BCUT2D eigenvalue weighted by Gasteiger charge is -2.22. The predicted octanol–water partition coefficient (Wildman–Crippen LogP) is 5.26. The van der Waals surface area contributed by atoms with E-state index in [0.29, 0.717) is 11.1 Å². The normalized spacial score (nSPS) is 18.2. The van der Waals surface area contributed by atoms with Gasteiger partial charge in [0.1, 0.15) is 0 Å². The van der Waals surface area contributed by atoms with Gasteiger partial charge in [-0.05, 0) is 69.5 Å². The van der Waals surface area contributed by atoms with Gasteiger partial charge in [-0.15, -0.1) is 0 Å². The van der Waals surface area contributed by atoms with Crippen LogP contribution in [-0.2, 0) is 35.3 Å². The van der Waals surface area contributed by atoms with Crippen molar-refractivity contribution >= 4 is 44.8 Å². The van der Waals surface area contributed by atoms with Crippen LogP contribution in [-0.4, -0.2) is 35.7 Å². The largest absolute Gasteiger partial charge is 0.310 e. The SMILES string of the molecule is CN1C(=O)C2=C(c3ccc4c5c(cccc35)CC4)N(C)C(=O)C2=C1c1ccc2c3c(cccc13)CC2. The van der Waals surface area contributed by atoms with Gasteiger partial charge in [-0.3, -0.25) is 9.59 Å². The van der Waals surface area contributed by atoms with Crippen molar-refractivity contribution in [1.29, 1.82) is 0 Å². The average Bonchev–Trinajstić information content (AvgIpc) is 3.63. The van der Waals surface area contributed by atoms with Crippen molar-refractivity contribution in [2.75, 3.05) is 14.1 Å². The number of hydrogen-bond acceptors (Lipinski definition) is 2. The Morgan fingerprint density at radius 3 is 1.33 bits per heavy atom. The van der Waals surface area contributed by atoms with Crippen LogP contribution >= 0.6 is 0 Å². The lowest BCUT2D eigenvalue weighted by molar-refractivity contribution is -0.123. The maximum absolute atomic E-state index is 13.9. The highest BCUT2D eigenvalue weighted by atomic mass is 16.2. The molecule has 4 aromatic rings. The maximum atomic E-state index is 13.9. The number of rotatable bonds is 2. The summed E-state index contributed by atoms with van der Waals surface area (Å²) in [6.07, 6.45) is 4.16. The molecule has 0 aromatic heterocycles. The minimum atomic E-state index is -0.112. The first-order chi connectivity index (χ1) is 17.5. The highest BCUT2D eigenvalue weighted by Gasteiger charge is 2.47. The molecule has 174 valence electrons. The number of aryl methyl sites for hydroxylation is 4. The number of amides is 2. The molecule has 4 heteroatoms. The van der Waals surface area contributed by atoms with E-state index in [1.807, 2.05) is 0 Å². The second-order valence-electron chi connectivity index (χ2n) is 10.4. The van der Waals surface area contributed by atoms with Gasteiger partial charge in [0.05, 0.1) is 22.5 Å². The Bertz CT molecular complexity index is 1650. The number of carbonyl (C=O) groups excluding carboxylic acids is 2. The van der Waals surface area contributed by atoms with Crippen molar-refractivity contribution < 1.29 is 9.59 Å². The smallest absolute Gasteiger partial charge is 0.261 e. The van der Waals surface area contributed by atoms with Gasteiger partial charge in [-0.25, -0.2) is 0 Å². The van der Waals surface area contributed by atoms with Crippen molar-refractivity contribution in [2.24, 2.45) is 0 Å². The molecule has 36 heavy (non-hydrogen) atoms. The molecule has 4 aromatic carbocycles. The minimum absolute atomic E-state index is 0.112. The van der Waals surface area contributed by atoms with Gasteiger partial charge in [0.25, 0.3) is 11.8 Å². The summed E-state index contributed by atoms with van der Waals surface area (Å²) in [5.41, 5.74) is 9.82. The van der Waals surface area contributed by atoms with E-state index in [-0.39, 0.29) is 11.8 Å². The van der Waals surface area contributed by atoms with Crippen LogP contribution in [0.1, 0.15) is 33.4 Å². The molecule has 2 aliphatic carbocycles. The quantitative estimate of drug-likeness (QED) is 0.403. The second-order valence-corrected chi connectivity index (χ2v) is 10.4. The number of benzene rings is 4. The van der Waals surface area contributed by atoms with Gasteiger partial charge in [-0.2, -0.15) is 0 Å². The van der Waals surface area contributed by atoms with E-state index in [0.717, 1.165) is 59.0 Å². The molecule has 0 saturated carbocycles. The van der Waals surface area contributed by atoms with E-state index in [1.54, 1.807) is 23.9 Å². The summed E-state index contributed by atoms with van der Waals surface area (Å²) >= 11 is 0. The minimum Gasteiger partial charge on any atom is -0.310 e.